The van der Waals surface area contributed by atoms with Crippen molar-refractivity contribution in [2.24, 2.45) is 0 Å². The van der Waals surface area contributed by atoms with Crippen LogP contribution in [0.15, 0.2) is 0 Å². The number of aromatic nitrogens is 1. The summed E-state index contributed by atoms with van der Waals surface area (Å²) < 4.78 is 15.4. The number of morpholine rings is 1. The molecule has 0 saturated carbocycles. The Balaban J connectivity index is 1.78. The van der Waals surface area contributed by atoms with Crippen LogP contribution in [0.25, 0.3) is 0 Å². The fourth-order valence-corrected chi connectivity index (χ4v) is 3.15. The van der Waals surface area contributed by atoms with E-state index >= 15 is 0 Å². The SMILES string of the molecule is COCCOC(=O)c1c(C)[nH]c(C(=O)NCCCCN2CCOCC2)c1C. The van der Waals surface area contributed by atoms with Gasteiger partial charge in [0, 0.05) is 32.4 Å². The first-order valence-corrected chi connectivity index (χ1v) is 9.48. The number of unbranched alkanes of at least 4 members (excludes halogenated alkanes) is 1. The molecule has 0 atom stereocenters. The molecule has 2 N–H and O–H groups in total. The van der Waals surface area contributed by atoms with Crippen LogP contribution in [0.1, 0.15) is 44.9 Å². The molecule has 0 radical (unpaired) electrons. The Labute approximate surface area is 160 Å². The molecule has 0 bridgehead atoms. The predicted octanol–water partition coefficient (Wildman–Crippen LogP) is 1.28. The maximum atomic E-state index is 12.4. The minimum absolute atomic E-state index is 0.185. The Morgan fingerprint density at radius 2 is 1.93 bits per heavy atom. The van der Waals surface area contributed by atoms with Gasteiger partial charge in [-0.3, -0.25) is 9.69 Å². The number of carbonyl (C=O) groups excluding carboxylic acids is 2. The largest absolute Gasteiger partial charge is 0.460 e. The number of nitrogens with one attached hydrogen (secondary N) is 2. The highest BCUT2D eigenvalue weighted by Gasteiger charge is 2.22. The fraction of sp³-hybridized carbons (Fsp3) is 0.684. The van der Waals surface area contributed by atoms with Crippen molar-refractivity contribution in [3.05, 3.63) is 22.5 Å². The summed E-state index contributed by atoms with van der Waals surface area (Å²) >= 11 is 0. The number of aromatic amines is 1. The van der Waals surface area contributed by atoms with Crippen LogP contribution < -0.4 is 5.32 Å². The Kier molecular flexibility index (Phi) is 8.77. The quantitative estimate of drug-likeness (QED) is 0.468. The molecule has 152 valence electrons. The second-order valence-electron chi connectivity index (χ2n) is 6.67. The molecule has 1 saturated heterocycles. The number of ether oxygens (including phenoxy) is 3. The van der Waals surface area contributed by atoms with Gasteiger partial charge < -0.3 is 24.5 Å². The molecule has 1 aliphatic rings. The van der Waals surface area contributed by atoms with E-state index in [4.69, 9.17) is 14.2 Å². The highest BCUT2D eigenvalue weighted by molar-refractivity contribution is 6.00. The number of aryl methyl sites for hydroxylation is 1. The van der Waals surface area contributed by atoms with E-state index in [9.17, 15) is 9.59 Å². The minimum Gasteiger partial charge on any atom is -0.460 e. The van der Waals surface area contributed by atoms with Crippen LogP contribution in [0.3, 0.4) is 0 Å². The number of amides is 1. The van der Waals surface area contributed by atoms with Crippen molar-refractivity contribution < 1.29 is 23.8 Å². The molecule has 27 heavy (non-hydrogen) atoms. The molecule has 0 aromatic carbocycles. The number of carbonyl (C=O) groups is 2. The summed E-state index contributed by atoms with van der Waals surface area (Å²) in [5, 5.41) is 2.92. The molecule has 1 amide bonds. The molecule has 1 aliphatic heterocycles. The third kappa shape index (κ3) is 6.34. The van der Waals surface area contributed by atoms with Crippen molar-refractivity contribution in [3.8, 4) is 0 Å². The monoisotopic (exact) mass is 381 g/mol. The summed E-state index contributed by atoms with van der Waals surface area (Å²) in [6.07, 6.45) is 1.94. The van der Waals surface area contributed by atoms with Gasteiger partial charge in [-0.15, -0.1) is 0 Å². The first-order chi connectivity index (χ1) is 13.0. The molecular formula is C19H31N3O5. The van der Waals surface area contributed by atoms with Crippen molar-refractivity contribution in [1.29, 1.82) is 0 Å². The number of esters is 1. The van der Waals surface area contributed by atoms with Gasteiger partial charge in [-0.05, 0) is 38.8 Å². The maximum absolute atomic E-state index is 12.4. The van der Waals surface area contributed by atoms with Gasteiger partial charge in [-0.25, -0.2) is 4.79 Å². The molecule has 0 aliphatic carbocycles. The van der Waals surface area contributed by atoms with Gasteiger partial charge in [0.15, 0.2) is 0 Å². The molecule has 2 rings (SSSR count). The van der Waals surface area contributed by atoms with Crippen molar-refractivity contribution >= 4 is 11.9 Å². The normalized spacial score (nSPS) is 14.9. The molecule has 8 heteroatoms. The Morgan fingerprint density at radius 1 is 1.19 bits per heavy atom. The highest BCUT2D eigenvalue weighted by Crippen LogP contribution is 2.19. The van der Waals surface area contributed by atoms with Crippen LogP contribution in [0.5, 0.6) is 0 Å². The lowest BCUT2D eigenvalue weighted by Crippen LogP contribution is -2.37. The van der Waals surface area contributed by atoms with Gasteiger partial charge in [0.25, 0.3) is 5.91 Å². The Bertz CT molecular complexity index is 623. The zero-order valence-corrected chi connectivity index (χ0v) is 16.6. The minimum atomic E-state index is -0.442. The average Bonchev–Trinajstić information content (AvgIpc) is 2.96. The van der Waals surface area contributed by atoms with E-state index in [1.807, 2.05) is 0 Å². The Hall–Kier alpha value is -1.90. The number of hydrogen-bond acceptors (Lipinski definition) is 6. The third-order valence-electron chi connectivity index (χ3n) is 4.68. The van der Waals surface area contributed by atoms with Crippen LogP contribution in [0.4, 0.5) is 0 Å². The zero-order valence-electron chi connectivity index (χ0n) is 16.6. The number of rotatable bonds is 10. The average molecular weight is 381 g/mol. The van der Waals surface area contributed by atoms with Crippen LogP contribution in [-0.4, -0.2) is 81.5 Å². The summed E-state index contributed by atoms with van der Waals surface area (Å²) in [7, 11) is 1.55. The lowest BCUT2D eigenvalue weighted by atomic mass is 10.1. The van der Waals surface area contributed by atoms with Gasteiger partial charge in [-0.1, -0.05) is 0 Å². The highest BCUT2D eigenvalue weighted by atomic mass is 16.6. The van der Waals surface area contributed by atoms with Gasteiger partial charge >= 0.3 is 5.97 Å². The summed E-state index contributed by atoms with van der Waals surface area (Å²) in [4.78, 5) is 30.0. The molecule has 1 aromatic heterocycles. The van der Waals surface area contributed by atoms with E-state index in [0.29, 0.717) is 35.7 Å². The first kappa shape index (κ1) is 21.4. The van der Waals surface area contributed by atoms with E-state index in [-0.39, 0.29) is 12.5 Å². The van der Waals surface area contributed by atoms with E-state index in [2.05, 4.69) is 15.2 Å². The lowest BCUT2D eigenvalue weighted by molar-refractivity contribution is 0.0372. The van der Waals surface area contributed by atoms with E-state index in [0.717, 1.165) is 45.7 Å². The summed E-state index contributed by atoms with van der Waals surface area (Å²) in [6.45, 7) is 9.24. The third-order valence-corrected chi connectivity index (χ3v) is 4.68. The van der Waals surface area contributed by atoms with E-state index in [1.54, 1.807) is 21.0 Å². The van der Waals surface area contributed by atoms with Crippen molar-refractivity contribution in [3.63, 3.8) is 0 Å². The summed E-state index contributed by atoms with van der Waals surface area (Å²) in [6, 6.07) is 0. The smallest absolute Gasteiger partial charge is 0.340 e. The molecule has 0 spiro atoms. The second kappa shape index (κ2) is 11.1. The number of H-pyrrole nitrogens is 1. The van der Waals surface area contributed by atoms with Gasteiger partial charge in [0.1, 0.15) is 12.3 Å². The van der Waals surface area contributed by atoms with Crippen molar-refractivity contribution in [2.75, 3.05) is 59.7 Å². The van der Waals surface area contributed by atoms with Crippen LogP contribution in [0, 0.1) is 13.8 Å². The van der Waals surface area contributed by atoms with Crippen molar-refractivity contribution in [1.82, 2.24) is 15.2 Å². The molecule has 0 unspecified atom stereocenters. The number of hydrogen-bond donors (Lipinski definition) is 2. The van der Waals surface area contributed by atoms with Crippen LogP contribution in [0.2, 0.25) is 0 Å². The summed E-state index contributed by atoms with van der Waals surface area (Å²) in [5.74, 6) is -0.638. The fourth-order valence-electron chi connectivity index (χ4n) is 3.15. The van der Waals surface area contributed by atoms with Crippen LogP contribution in [-0.2, 0) is 14.2 Å². The lowest BCUT2D eigenvalue weighted by Gasteiger charge is -2.26. The molecular weight excluding hydrogens is 350 g/mol. The Morgan fingerprint density at radius 3 is 2.63 bits per heavy atom. The summed E-state index contributed by atoms with van der Waals surface area (Å²) in [5.41, 5.74) is 2.08. The zero-order chi connectivity index (χ0) is 19.6. The van der Waals surface area contributed by atoms with E-state index < -0.39 is 5.97 Å². The topological polar surface area (TPSA) is 92.9 Å². The van der Waals surface area contributed by atoms with Crippen LogP contribution >= 0.6 is 0 Å². The first-order valence-electron chi connectivity index (χ1n) is 9.48. The van der Waals surface area contributed by atoms with Gasteiger partial charge in [0.2, 0.25) is 0 Å². The second-order valence-corrected chi connectivity index (χ2v) is 6.67. The number of nitrogens with zero attached hydrogens (tertiary/aromatic N) is 1. The predicted molar refractivity (Wildman–Crippen MR) is 101 cm³/mol. The van der Waals surface area contributed by atoms with Gasteiger partial charge in [-0.2, -0.15) is 0 Å². The molecule has 1 fully saturated rings. The van der Waals surface area contributed by atoms with E-state index in [1.165, 1.54) is 0 Å². The maximum Gasteiger partial charge on any atom is 0.340 e. The van der Waals surface area contributed by atoms with Gasteiger partial charge in [0.05, 0.1) is 25.4 Å². The molecule has 8 nitrogen and oxygen atoms in total. The standard InChI is InChI=1S/C19H31N3O5/c1-14-16(19(24)27-13-12-25-3)15(2)21-17(14)18(23)20-6-4-5-7-22-8-10-26-11-9-22/h21H,4-13H2,1-3H3,(H,20,23). The molecule has 2 heterocycles. The van der Waals surface area contributed by atoms with Crippen molar-refractivity contribution in [2.45, 2.75) is 26.7 Å². The number of methoxy groups -OCH3 is 1. The molecule has 1 aromatic rings.